The normalized spacial score (nSPS) is 15.2. The van der Waals surface area contributed by atoms with Crippen LogP contribution in [0.1, 0.15) is 38.8 Å². The van der Waals surface area contributed by atoms with Gasteiger partial charge in [0.25, 0.3) is 0 Å². The van der Waals surface area contributed by atoms with E-state index in [0.717, 1.165) is 12.0 Å². The molecule has 0 radical (unpaired) electrons. The number of hydrogen-bond donors (Lipinski definition) is 1. The molecular formula is C23H26N4O5. The van der Waals surface area contributed by atoms with Gasteiger partial charge in [0.1, 0.15) is 6.04 Å². The summed E-state index contributed by atoms with van der Waals surface area (Å²) in [5, 5.41) is 7.81. The van der Waals surface area contributed by atoms with E-state index in [1.54, 1.807) is 37.1 Å². The lowest BCUT2D eigenvalue weighted by Gasteiger charge is -2.28. The molecule has 32 heavy (non-hydrogen) atoms. The SMILES string of the molecule is CCCOc1ccc(C2C(C(=O)OCC)=C(C)Nc3nc(-c4ccco4)nn32)cc1OC. The van der Waals surface area contributed by atoms with E-state index >= 15 is 0 Å². The molecule has 0 fully saturated rings. The van der Waals surface area contributed by atoms with Gasteiger partial charge in [0.15, 0.2) is 17.3 Å². The lowest BCUT2D eigenvalue weighted by molar-refractivity contribution is -0.139. The number of hydrogen-bond acceptors (Lipinski definition) is 8. The average Bonchev–Trinajstić information content (AvgIpc) is 3.46. The Bertz CT molecular complexity index is 1130. The van der Waals surface area contributed by atoms with E-state index in [1.165, 1.54) is 0 Å². The second-order valence-corrected chi connectivity index (χ2v) is 7.23. The minimum Gasteiger partial charge on any atom is -0.493 e. The van der Waals surface area contributed by atoms with Gasteiger partial charge in [-0.2, -0.15) is 4.98 Å². The Morgan fingerprint density at radius 2 is 2.09 bits per heavy atom. The van der Waals surface area contributed by atoms with Crippen LogP contribution in [-0.2, 0) is 9.53 Å². The van der Waals surface area contributed by atoms with Crippen molar-refractivity contribution in [2.45, 2.75) is 33.2 Å². The van der Waals surface area contributed by atoms with Crippen LogP contribution in [0.3, 0.4) is 0 Å². The van der Waals surface area contributed by atoms with Crippen LogP contribution >= 0.6 is 0 Å². The number of carbonyl (C=O) groups excluding carboxylic acids is 1. The maximum absolute atomic E-state index is 12.9. The van der Waals surface area contributed by atoms with Gasteiger partial charge in [0, 0.05) is 5.70 Å². The molecule has 1 aliphatic heterocycles. The zero-order valence-corrected chi connectivity index (χ0v) is 18.5. The van der Waals surface area contributed by atoms with Crippen molar-refractivity contribution in [1.29, 1.82) is 0 Å². The molecule has 9 heteroatoms. The summed E-state index contributed by atoms with van der Waals surface area (Å²) < 4.78 is 23.8. The van der Waals surface area contributed by atoms with Gasteiger partial charge in [-0.3, -0.25) is 0 Å². The number of allylic oxidation sites excluding steroid dienone is 1. The molecule has 1 unspecified atom stereocenters. The van der Waals surface area contributed by atoms with Crippen molar-refractivity contribution in [3.63, 3.8) is 0 Å². The molecule has 168 valence electrons. The minimum atomic E-state index is -0.573. The smallest absolute Gasteiger partial charge is 0.338 e. The third-order valence-corrected chi connectivity index (χ3v) is 5.05. The van der Waals surface area contributed by atoms with Crippen molar-refractivity contribution in [1.82, 2.24) is 14.8 Å². The van der Waals surface area contributed by atoms with E-state index in [1.807, 2.05) is 32.0 Å². The van der Waals surface area contributed by atoms with Gasteiger partial charge in [0.2, 0.25) is 11.8 Å². The number of methoxy groups -OCH3 is 1. The zero-order valence-electron chi connectivity index (χ0n) is 18.5. The quantitative estimate of drug-likeness (QED) is 0.523. The maximum atomic E-state index is 12.9. The number of esters is 1. The van der Waals surface area contributed by atoms with Crippen LogP contribution in [0, 0.1) is 0 Å². The number of carbonyl (C=O) groups is 1. The number of benzene rings is 1. The highest BCUT2D eigenvalue weighted by Crippen LogP contribution is 2.40. The Hall–Kier alpha value is -3.75. The second-order valence-electron chi connectivity index (χ2n) is 7.23. The third-order valence-electron chi connectivity index (χ3n) is 5.05. The summed E-state index contributed by atoms with van der Waals surface area (Å²) in [5.74, 6) is 2.23. The summed E-state index contributed by atoms with van der Waals surface area (Å²) in [7, 11) is 1.59. The fourth-order valence-electron chi connectivity index (χ4n) is 3.63. The first-order valence-electron chi connectivity index (χ1n) is 10.5. The highest BCUT2D eigenvalue weighted by atomic mass is 16.5. The molecule has 3 heterocycles. The summed E-state index contributed by atoms with van der Waals surface area (Å²) in [4.78, 5) is 17.5. The molecule has 0 bridgehead atoms. The van der Waals surface area contributed by atoms with E-state index in [4.69, 9.17) is 18.6 Å². The van der Waals surface area contributed by atoms with Gasteiger partial charge in [0.05, 0.1) is 32.2 Å². The van der Waals surface area contributed by atoms with Gasteiger partial charge >= 0.3 is 5.97 Å². The minimum absolute atomic E-state index is 0.261. The Labute approximate surface area is 186 Å². The second kappa shape index (κ2) is 9.17. The fraction of sp³-hybridized carbons (Fsp3) is 0.348. The topological polar surface area (TPSA) is 101 Å². The van der Waals surface area contributed by atoms with Crippen molar-refractivity contribution < 1.29 is 23.4 Å². The molecule has 4 rings (SSSR count). The molecule has 1 atom stereocenters. The Morgan fingerprint density at radius 1 is 1.25 bits per heavy atom. The van der Waals surface area contributed by atoms with Gasteiger partial charge < -0.3 is 23.9 Å². The van der Waals surface area contributed by atoms with E-state index in [-0.39, 0.29) is 6.61 Å². The molecule has 0 amide bonds. The Kier molecular flexibility index (Phi) is 6.16. The van der Waals surface area contributed by atoms with Crippen LogP contribution in [0.25, 0.3) is 11.6 Å². The number of furan rings is 1. The predicted molar refractivity (Wildman–Crippen MR) is 118 cm³/mol. The molecule has 0 saturated carbocycles. The highest BCUT2D eigenvalue weighted by Gasteiger charge is 2.36. The number of nitrogens with zero attached hydrogens (tertiary/aromatic N) is 3. The lowest BCUT2D eigenvalue weighted by Crippen LogP contribution is -2.29. The van der Waals surface area contributed by atoms with Crippen LogP contribution in [0.15, 0.2) is 52.3 Å². The van der Waals surface area contributed by atoms with Crippen molar-refractivity contribution in [2.75, 3.05) is 25.6 Å². The van der Waals surface area contributed by atoms with Gasteiger partial charge in [-0.1, -0.05) is 13.0 Å². The van der Waals surface area contributed by atoms with Crippen LogP contribution < -0.4 is 14.8 Å². The lowest BCUT2D eigenvalue weighted by atomic mass is 9.95. The molecule has 1 N–H and O–H groups in total. The Morgan fingerprint density at radius 3 is 2.78 bits per heavy atom. The van der Waals surface area contributed by atoms with E-state index < -0.39 is 12.0 Å². The van der Waals surface area contributed by atoms with Crippen molar-refractivity contribution in [3.8, 4) is 23.1 Å². The number of aromatic nitrogens is 3. The van der Waals surface area contributed by atoms with Gasteiger partial charge in [-0.25, -0.2) is 9.48 Å². The number of ether oxygens (including phenoxy) is 3. The van der Waals surface area contributed by atoms with Crippen LogP contribution in [0.4, 0.5) is 5.95 Å². The highest BCUT2D eigenvalue weighted by molar-refractivity contribution is 5.92. The van der Waals surface area contributed by atoms with Gasteiger partial charge in [-0.15, -0.1) is 5.10 Å². The van der Waals surface area contributed by atoms with Gasteiger partial charge in [-0.05, 0) is 50.1 Å². The van der Waals surface area contributed by atoms with Crippen molar-refractivity contribution in [2.24, 2.45) is 0 Å². The van der Waals surface area contributed by atoms with E-state index in [0.29, 0.717) is 46.9 Å². The molecule has 1 aromatic carbocycles. The first-order valence-corrected chi connectivity index (χ1v) is 10.5. The monoisotopic (exact) mass is 438 g/mol. The van der Waals surface area contributed by atoms with Crippen molar-refractivity contribution >= 4 is 11.9 Å². The van der Waals surface area contributed by atoms with Crippen LogP contribution in [0.5, 0.6) is 11.5 Å². The molecule has 0 aliphatic carbocycles. The summed E-state index contributed by atoms with van der Waals surface area (Å²) in [6, 6.07) is 8.57. The third kappa shape index (κ3) is 3.93. The summed E-state index contributed by atoms with van der Waals surface area (Å²) in [6.07, 6.45) is 2.44. The number of anilines is 1. The van der Waals surface area contributed by atoms with Crippen LogP contribution in [-0.4, -0.2) is 41.1 Å². The summed E-state index contributed by atoms with van der Waals surface area (Å²) in [5.41, 5.74) is 1.87. The zero-order chi connectivity index (χ0) is 22.7. The van der Waals surface area contributed by atoms with Crippen molar-refractivity contribution in [3.05, 3.63) is 53.4 Å². The molecule has 9 nitrogen and oxygen atoms in total. The van der Waals surface area contributed by atoms with Crippen LogP contribution in [0.2, 0.25) is 0 Å². The predicted octanol–water partition coefficient (Wildman–Crippen LogP) is 4.19. The number of nitrogens with one attached hydrogen (secondary N) is 1. The summed E-state index contributed by atoms with van der Waals surface area (Å²) >= 11 is 0. The number of rotatable bonds is 8. The largest absolute Gasteiger partial charge is 0.493 e. The number of fused-ring (bicyclic) bond motifs is 1. The first-order chi connectivity index (χ1) is 15.6. The molecule has 3 aromatic rings. The van der Waals surface area contributed by atoms with E-state index in [2.05, 4.69) is 15.4 Å². The van der Waals surface area contributed by atoms with E-state index in [9.17, 15) is 4.79 Å². The first kappa shape index (κ1) is 21.5. The molecule has 1 aliphatic rings. The molecular weight excluding hydrogens is 412 g/mol. The molecule has 2 aromatic heterocycles. The molecule has 0 spiro atoms. The maximum Gasteiger partial charge on any atom is 0.338 e. The summed E-state index contributed by atoms with van der Waals surface area (Å²) in [6.45, 7) is 6.48. The molecule has 0 saturated heterocycles. The average molecular weight is 438 g/mol. The fourth-order valence-corrected chi connectivity index (χ4v) is 3.63. The Balaban J connectivity index is 1.83. The standard InChI is InChI=1S/C23H26N4O5/c1-5-11-31-16-10-9-15(13-18(16)29-4)20-19(22(28)30-6-2)14(3)24-23-25-21(26-27(20)23)17-8-7-12-32-17/h7-10,12-13,20H,5-6,11H2,1-4H3,(H,24,25,26).